The van der Waals surface area contributed by atoms with Crippen LogP contribution >= 0.6 is 0 Å². The molecule has 0 radical (unpaired) electrons. The molecule has 38 heavy (non-hydrogen) atoms. The average molecular weight is 519 g/mol. The Morgan fingerprint density at radius 3 is 2.58 bits per heavy atom. The second-order valence-electron chi connectivity index (χ2n) is 8.76. The molecule has 1 aliphatic carbocycles. The molecule has 1 aliphatic rings. The van der Waals surface area contributed by atoms with Crippen LogP contribution in [0.3, 0.4) is 0 Å². The topological polar surface area (TPSA) is 95.8 Å². The molecular formula is C28H34N6O4. The molecule has 0 bridgehead atoms. The number of nitrogens with one attached hydrogen (secondary N) is 1. The maximum Gasteiger partial charge on any atom is 0.166 e. The Morgan fingerprint density at radius 1 is 1.08 bits per heavy atom. The number of allylic oxidation sites excluding steroid dienone is 1. The fraction of sp³-hybridized carbons (Fsp3) is 0.321. The predicted octanol–water partition coefficient (Wildman–Crippen LogP) is 4.58. The van der Waals surface area contributed by atoms with Crippen LogP contribution in [0, 0.1) is 0 Å². The van der Waals surface area contributed by atoms with Gasteiger partial charge in [0.25, 0.3) is 0 Å². The van der Waals surface area contributed by atoms with E-state index in [9.17, 15) is 0 Å². The van der Waals surface area contributed by atoms with Gasteiger partial charge in [0.1, 0.15) is 23.0 Å². The third kappa shape index (κ3) is 6.15. The van der Waals surface area contributed by atoms with Crippen LogP contribution in [0.5, 0.6) is 17.2 Å². The Hall–Kier alpha value is -4.31. The molecule has 0 aromatic carbocycles. The molecule has 0 saturated heterocycles. The van der Waals surface area contributed by atoms with Crippen molar-refractivity contribution in [2.24, 2.45) is 0 Å². The van der Waals surface area contributed by atoms with Gasteiger partial charge in [0.2, 0.25) is 0 Å². The molecule has 3 aromatic rings. The molecule has 0 unspecified atom stereocenters. The van der Waals surface area contributed by atoms with Gasteiger partial charge in [-0.2, -0.15) is 5.10 Å². The van der Waals surface area contributed by atoms with E-state index in [1.165, 1.54) is 0 Å². The lowest BCUT2D eigenvalue weighted by Gasteiger charge is -2.16. The molecule has 0 atom stereocenters. The number of rotatable bonds is 12. The number of methoxy groups -OCH3 is 2. The van der Waals surface area contributed by atoms with Crippen LogP contribution in [-0.4, -0.2) is 66.1 Å². The maximum absolute atomic E-state index is 6.20. The third-order valence-corrected chi connectivity index (χ3v) is 5.88. The number of pyridine rings is 2. The molecule has 3 heterocycles. The van der Waals surface area contributed by atoms with Gasteiger partial charge in [-0.25, -0.2) is 4.98 Å². The van der Waals surface area contributed by atoms with Gasteiger partial charge in [0.15, 0.2) is 17.3 Å². The Labute approximate surface area is 223 Å². The SMILES string of the molecule is C=C(Nc1ccc(Oc2ccnc3c2CC=C(OC)C(OC)=C3)cn1)c1c(OCC)cnn1CCN(C)C. The van der Waals surface area contributed by atoms with Gasteiger partial charge in [-0.05, 0) is 45.3 Å². The fourth-order valence-corrected chi connectivity index (χ4v) is 4.00. The van der Waals surface area contributed by atoms with Crippen molar-refractivity contribution in [1.82, 2.24) is 24.6 Å². The monoisotopic (exact) mass is 518 g/mol. The van der Waals surface area contributed by atoms with Gasteiger partial charge in [-0.15, -0.1) is 0 Å². The second kappa shape index (κ2) is 12.3. The minimum atomic E-state index is 0.536. The highest BCUT2D eigenvalue weighted by Crippen LogP contribution is 2.32. The summed E-state index contributed by atoms with van der Waals surface area (Å²) < 4.78 is 24.8. The second-order valence-corrected chi connectivity index (χ2v) is 8.76. The molecule has 0 amide bonds. The zero-order valence-electron chi connectivity index (χ0n) is 22.5. The zero-order valence-corrected chi connectivity index (χ0v) is 22.5. The van der Waals surface area contributed by atoms with E-state index in [1.807, 2.05) is 56.1 Å². The van der Waals surface area contributed by atoms with Gasteiger partial charge < -0.3 is 29.2 Å². The van der Waals surface area contributed by atoms with Crippen LogP contribution in [0.2, 0.25) is 0 Å². The van der Waals surface area contributed by atoms with E-state index in [1.54, 1.807) is 32.8 Å². The summed E-state index contributed by atoms with van der Waals surface area (Å²) in [5.74, 6) is 3.86. The van der Waals surface area contributed by atoms with Gasteiger partial charge in [0.05, 0.1) is 51.2 Å². The highest BCUT2D eigenvalue weighted by molar-refractivity contribution is 5.75. The Kier molecular flexibility index (Phi) is 8.65. The summed E-state index contributed by atoms with van der Waals surface area (Å²) in [5, 5.41) is 7.76. The van der Waals surface area contributed by atoms with E-state index in [0.717, 1.165) is 23.5 Å². The molecular weight excluding hydrogens is 484 g/mol. The normalized spacial score (nSPS) is 12.7. The predicted molar refractivity (Wildman–Crippen MR) is 147 cm³/mol. The standard InChI is InChI=1S/C28H34N6O4/c1-7-37-26-18-31-34(15-14-33(3)4)28(26)19(2)32-27-11-8-20(17-30-27)38-23-12-13-29-22-16-25(36-6)24(35-5)10-9-21(22)23/h8,10-13,16-18H,2,7,9,14-15H2,1,3-6H3,(H,30,32). The lowest BCUT2D eigenvalue weighted by atomic mass is 10.1. The lowest BCUT2D eigenvalue weighted by Crippen LogP contribution is -2.20. The first-order valence-corrected chi connectivity index (χ1v) is 12.3. The zero-order chi connectivity index (χ0) is 27.1. The number of hydrogen-bond acceptors (Lipinski definition) is 9. The highest BCUT2D eigenvalue weighted by atomic mass is 16.5. The Balaban J connectivity index is 1.50. The first-order chi connectivity index (χ1) is 18.4. The fourth-order valence-electron chi connectivity index (χ4n) is 4.00. The minimum Gasteiger partial charge on any atom is -0.493 e. The first kappa shape index (κ1) is 26.7. The summed E-state index contributed by atoms with van der Waals surface area (Å²) in [6, 6.07) is 5.53. The molecule has 10 heteroatoms. The largest absolute Gasteiger partial charge is 0.493 e. The van der Waals surface area contributed by atoms with Crippen LogP contribution < -0.4 is 14.8 Å². The summed E-state index contributed by atoms with van der Waals surface area (Å²) in [7, 11) is 7.27. The minimum absolute atomic E-state index is 0.536. The first-order valence-electron chi connectivity index (χ1n) is 12.3. The van der Waals surface area contributed by atoms with Crippen LogP contribution in [0.4, 0.5) is 5.82 Å². The lowest BCUT2D eigenvalue weighted by molar-refractivity contribution is 0.222. The van der Waals surface area contributed by atoms with Gasteiger partial charge in [-0.3, -0.25) is 9.67 Å². The summed E-state index contributed by atoms with van der Waals surface area (Å²) >= 11 is 0. The van der Waals surface area contributed by atoms with Gasteiger partial charge in [-0.1, -0.05) is 6.58 Å². The molecule has 1 N–H and O–H groups in total. The summed E-state index contributed by atoms with van der Waals surface area (Å²) in [5.41, 5.74) is 3.13. The third-order valence-electron chi connectivity index (χ3n) is 5.88. The van der Waals surface area contributed by atoms with E-state index in [2.05, 4.69) is 31.9 Å². The molecule has 10 nitrogen and oxygen atoms in total. The van der Waals surface area contributed by atoms with Crippen molar-refractivity contribution in [2.45, 2.75) is 19.9 Å². The van der Waals surface area contributed by atoms with Crippen molar-refractivity contribution >= 4 is 17.6 Å². The molecule has 4 rings (SSSR count). The Morgan fingerprint density at radius 2 is 1.89 bits per heavy atom. The maximum atomic E-state index is 6.20. The van der Waals surface area contributed by atoms with Crippen molar-refractivity contribution in [3.05, 3.63) is 77.9 Å². The van der Waals surface area contributed by atoms with Crippen molar-refractivity contribution < 1.29 is 18.9 Å². The number of likely N-dealkylation sites (N-methyl/N-ethyl adjacent to an activating group) is 1. The smallest absolute Gasteiger partial charge is 0.166 e. The molecule has 200 valence electrons. The van der Waals surface area contributed by atoms with Crippen LogP contribution in [0.25, 0.3) is 11.8 Å². The highest BCUT2D eigenvalue weighted by Gasteiger charge is 2.18. The number of ether oxygens (including phenoxy) is 4. The summed E-state index contributed by atoms with van der Waals surface area (Å²) in [6.07, 6.45) is 9.48. The van der Waals surface area contributed by atoms with E-state index in [-0.39, 0.29) is 0 Å². The van der Waals surface area contributed by atoms with Crippen LogP contribution in [-0.2, 0) is 22.4 Å². The summed E-state index contributed by atoms with van der Waals surface area (Å²) in [6.45, 7) is 8.24. The van der Waals surface area contributed by atoms with E-state index in [4.69, 9.17) is 18.9 Å². The Bertz CT molecular complexity index is 1330. The molecule has 0 aliphatic heterocycles. The number of aromatic nitrogens is 4. The number of fused-ring (bicyclic) bond motifs is 1. The molecule has 0 fully saturated rings. The number of hydrogen-bond donors (Lipinski definition) is 1. The molecule has 3 aromatic heterocycles. The van der Waals surface area contributed by atoms with Crippen LogP contribution in [0.1, 0.15) is 23.9 Å². The summed E-state index contributed by atoms with van der Waals surface area (Å²) in [4.78, 5) is 11.1. The molecule has 0 saturated carbocycles. The molecule has 0 spiro atoms. The van der Waals surface area contributed by atoms with E-state index < -0.39 is 0 Å². The van der Waals surface area contributed by atoms with Gasteiger partial charge >= 0.3 is 0 Å². The van der Waals surface area contributed by atoms with Crippen molar-refractivity contribution in [3.8, 4) is 17.2 Å². The van der Waals surface area contributed by atoms with E-state index in [0.29, 0.717) is 59.9 Å². The van der Waals surface area contributed by atoms with E-state index >= 15 is 0 Å². The van der Waals surface area contributed by atoms with Crippen molar-refractivity contribution in [2.75, 3.05) is 46.8 Å². The number of nitrogens with zero attached hydrogens (tertiary/aromatic N) is 5. The number of anilines is 1. The average Bonchev–Trinajstić information content (AvgIpc) is 3.21. The van der Waals surface area contributed by atoms with Crippen LogP contribution in [0.15, 0.2) is 61.0 Å². The van der Waals surface area contributed by atoms with Crippen molar-refractivity contribution in [1.29, 1.82) is 0 Å². The van der Waals surface area contributed by atoms with Crippen molar-refractivity contribution in [3.63, 3.8) is 0 Å². The quantitative estimate of drug-likeness (QED) is 0.370. The van der Waals surface area contributed by atoms with Gasteiger partial charge in [0, 0.05) is 30.8 Å².